The van der Waals surface area contributed by atoms with Crippen LogP contribution in [-0.4, -0.2) is 41.8 Å². The van der Waals surface area contributed by atoms with Crippen molar-refractivity contribution < 1.29 is 14.3 Å². The molecule has 6 nitrogen and oxygen atoms in total. The largest absolute Gasteiger partial charge is 0.490 e. The molecule has 178 valence electrons. The van der Waals surface area contributed by atoms with Crippen molar-refractivity contribution in [3.8, 4) is 11.5 Å². The summed E-state index contributed by atoms with van der Waals surface area (Å²) < 4.78 is 11.2. The van der Waals surface area contributed by atoms with Crippen molar-refractivity contribution in [2.45, 2.75) is 12.7 Å². The number of carbonyl (C=O) groups excluding carboxylic acids is 1. The van der Waals surface area contributed by atoms with Crippen molar-refractivity contribution >= 4 is 12.1 Å². The first-order valence-corrected chi connectivity index (χ1v) is 11.5. The van der Waals surface area contributed by atoms with E-state index < -0.39 is 0 Å². The Morgan fingerprint density at radius 2 is 1.46 bits per heavy atom. The number of carbonyl (C=O) groups is 1. The average Bonchev–Trinajstić information content (AvgIpc) is 3.20. The van der Waals surface area contributed by atoms with Crippen LogP contribution in [0, 0.1) is 0 Å². The first-order chi connectivity index (χ1) is 17.2. The molecule has 1 aliphatic rings. The van der Waals surface area contributed by atoms with Gasteiger partial charge in [-0.2, -0.15) is 5.10 Å². The molecule has 1 heterocycles. The highest BCUT2D eigenvalue weighted by molar-refractivity contribution is 5.84. The molecule has 35 heavy (non-hydrogen) atoms. The molecule has 0 bridgehead atoms. The molecule has 1 fully saturated rings. The molecule has 4 rings (SSSR count). The van der Waals surface area contributed by atoms with E-state index in [9.17, 15) is 4.79 Å². The van der Waals surface area contributed by atoms with Crippen LogP contribution in [0.2, 0.25) is 0 Å². The van der Waals surface area contributed by atoms with E-state index in [-0.39, 0.29) is 18.6 Å². The van der Waals surface area contributed by atoms with Crippen molar-refractivity contribution in [2.24, 2.45) is 5.10 Å². The Balaban J connectivity index is 1.58. The molecule has 6 heteroatoms. The van der Waals surface area contributed by atoms with Crippen molar-refractivity contribution in [2.75, 3.05) is 19.8 Å². The minimum absolute atomic E-state index is 0.0555. The van der Waals surface area contributed by atoms with Gasteiger partial charge in [0, 0.05) is 6.54 Å². The van der Waals surface area contributed by atoms with Crippen molar-refractivity contribution in [3.63, 3.8) is 0 Å². The summed E-state index contributed by atoms with van der Waals surface area (Å²) in [5, 5.41) is 6.16. The maximum Gasteiger partial charge on any atom is 0.258 e. The highest BCUT2D eigenvalue weighted by Gasteiger charge is 2.39. The Kier molecular flexibility index (Phi) is 8.09. The molecule has 1 aliphatic heterocycles. The molecule has 0 spiro atoms. The number of rotatable bonds is 11. The summed E-state index contributed by atoms with van der Waals surface area (Å²) in [4.78, 5) is 15.2. The van der Waals surface area contributed by atoms with E-state index in [1.54, 1.807) is 23.4 Å². The van der Waals surface area contributed by atoms with Gasteiger partial charge in [-0.05, 0) is 53.1 Å². The fraction of sp³-hybridized carbons (Fsp3) is 0.172. The SMILES string of the molecule is C=CCOc1ccc(/C=N\N2C(=O)CN(Cc3ccccc3)[C@@H]2c2ccc(OCC=C)cc2)cc1. The van der Waals surface area contributed by atoms with E-state index >= 15 is 0 Å². The van der Waals surface area contributed by atoms with Crippen LogP contribution in [0.5, 0.6) is 11.5 Å². The number of benzene rings is 3. The third kappa shape index (κ3) is 6.25. The monoisotopic (exact) mass is 467 g/mol. The lowest BCUT2D eigenvalue weighted by Crippen LogP contribution is -2.28. The molecular formula is C29H29N3O3. The second-order valence-corrected chi connectivity index (χ2v) is 8.08. The molecule has 0 saturated carbocycles. The predicted molar refractivity (Wildman–Crippen MR) is 138 cm³/mol. The standard InChI is InChI=1S/C29H29N3O3/c1-3-18-34-26-14-10-23(11-15-26)20-30-32-28(33)22-31(21-24-8-6-5-7-9-24)29(32)25-12-16-27(17-13-25)35-19-4-2/h3-17,20,29H,1-2,18-19,21-22H2/b30-20-/t29-/m0/s1. The predicted octanol–water partition coefficient (Wildman–Crippen LogP) is 5.19. The van der Waals surface area contributed by atoms with Gasteiger partial charge >= 0.3 is 0 Å². The van der Waals surface area contributed by atoms with Crippen LogP contribution >= 0.6 is 0 Å². The topological polar surface area (TPSA) is 54.4 Å². The number of amides is 1. The van der Waals surface area contributed by atoms with Crippen LogP contribution in [0.3, 0.4) is 0 Å². The molecule has 0 N–H and O–H groups in total. The van der Waals surface area contributed by atoms with E-state index in [1.807, 2.05) is 66.7 Å². The average molecular weight is 468 g/mol. The van der Waals surface area contributed by atoms with Crippen LogP contribution in [0.25, 0.3) is 0 Å². The zero-order valence-electron chi connectivity index (χ0n) is 19.6. The van der Waals surface area contributed by atoms with Crippen LogP contribution in [-0.2, 0) is 11.3 Å². The van der Waals surface area contributed by atoms with Crippen LogP contribution in [0.15, 0.2) is 109 Å². The van der Waals surface area contributed by atoms with Gasteiger partial charge in [0.25, 0.3) is 5.91 Å². The fourth-order valence-corrected chi connectivity index (χ4v) is 3.89. The summed E-state index contributed by atoms with van der Waals surface area (Å²) >= 11 is 0. The molecule has 1 amide bonds. The quantitative estimate of drug-likeness (QED) is 0.288. The van der Waals surface area contributed by atoms with Gasteiger partial charge in [-0.25, -0.2) is 5.01 Å². The Labute approximate surface area is 206 Å². The van der Waals surface area contributed by atoms with Gasteiger partial charge in [0.1, 0.15) is 30.9 Å². The summed E-state index contributed by atoms with van der Waals surface area (Å²) in [6.45, 7) is 9.14. The highest BCUT2D eigenvalue weighted by Crippen LogP contribution is 2.33. The van der Waals surface area contributed by atoms with E-state index in [0.29, 0.717) is 19.8 Å². The first-order valence-electron chi connectivity index (χ1n) is 11.5. The molecular weight excluding hydrogens is 438 g/mol. The Hall–Kier alpha value is -4.16. The number of ether oxygens (including phenoxy) is 2. The Bertz CT molecular complexity index is 1160. The Morgan fingerprint density at radius 3 is 2.06 bits per heavy atom. The molecule has 0 unspecified atom stereocenters. The Morgan fingerprint density at radius 1 is 0.857 bits per heavy atom. The second kappa shape index (κ2) is 11.8. The maximum absolute atomic E-state index is 13.1. The van der Waals surface area contributed by atoms with Crippen molar-refractivity contribution in [1.29, 1.82) is 0 Å². The molecule has 1 saturated heterocycles. The zero-order chi connectivity index (χ0) is 24.5. The van der Waals surface area contributed by atoms with Crippen molar-refractivity contribution in [1.82, 2.24) is 9.91 Å². The van der Waals surface area contributed by atoms with E-state index in [1.165, 1.54) is 0 Å². The number of hydrazone groups is 1. The van der Waals surface area contributed by atoms with E-state index in [0.717, 1.165) is 28.2 Å². The maximum atomic E-state index is 13.1. The van der Waals surface area contributed by atoms with E-state index in [2.05, 4.69) is 35.3 Å². The fourth-order valence-electron chi connectivity index (χ4n) is 3.89. The first kappa shape index (κ1) is 24.0. The summed E-state index contributed by atoms with van der Waals surface area (Å²) in [6.07, 6.45) is 4.78. The third-order valence-electron chi connectivity index (χ3n) is 5.53. The summed E-state index contributed by atoms with van der Waals surface area (Å²) in [7, 11) is 0. The summed E-state index contributed by atoms with van der Waals surface area (Å²) in [5.74, 6) is 1.45. The molecule has 3 aromatic rings. The normalized spacial score (nSPS) is 15.9. The number of nitrogens with zero attached hydrogens (tertiary/aromatic N) is 3. The van der Waals surface area contributed by atoms with Gasteiger partial charge in [-0.15, -0.1) is 0 Å². The second-order valence-electron chi connectivity index (χ2n) is 8.08. The smallest absolute Gasteiger partial charge is 0.258 e. The summed E-state index contributed by atoms with van der Waals surface area (Å²) in [5.41, 5.74) is 2.97. The van der Waals surface area contributed by atoms with E-state index in [4.69, 9.17) is 9.47 Å². The summed E-state index contributed by atoms with van der Waals surface area (Å²) in [6, 6.07) is 25.5. The van der Waals surface area contributed by atoms with Crippen LogP contribution in [0.4, 0.5) is 0 Å². The molecule has 1 atom stereocenters. The molecule has 0 radical (unpaired) electrons. The number of hydrogen-bond acceptors (Lipinski definition) is 5. The lowest BCUT2D eigenvalue weighted by Gasteiger charge is -2.27. The number of hydrogen-bond donors (Lipinski definition) is 0. The van der Waals surface area contributed by atoms with Gasteiger partial charge in [-0.3, -0.25) is 9.69 Å². The van der Waals surface area contributed by atoms with Gasteiger partial charge in [0.15, 0.2) is 0 Å². The minimum Gasteiger partial charge on any atom is -0.490 e. The highest BCUT2D eigenvalue weighted by atomic mass is 16.5. The van der Waals surface area contributed by atoms with Gasteiger partial charge in [0.05, 0.1) is 12.8 Å². The molecule has 0 aromatic heterocycles. The van der Waals surface area contributed by atoms with Gasteiger partial charge < -0.3 is 9.47 Å². The van der Waals surface area contributed by atoms with Gasteiger partial charge in [-0.1, -0.05) is 67.8 Å². The third-order valence-corrected chi connectivity index (χ3v) is 5.53. The zero-order valence-corrected chi connectivity index (χ0v) is 19.6. The lowest BCUT2D eigenvalue weighted by atomic mass is 10.1. The van der Waals surface area contributed by atoms with Crippen LogP contribution in [0.1, 0.15) is 22.9 Å². The van der Waals surface area contributed by atoms with Gasteiger partial charge in [0.2, 0.25) is 0 Å². The molecule has 0 aliphatic carbocycles. The lowest BCUT2D eigenvalue weighted by molar-refractivity contribution is -0.128. The molecule has 3 aromatic carbocycles. The van der Waals surface area contributed by atoms with Crippen molar-refractivity contribution in [3.05, 3.63) is 121 Å². The van der Waals surface area contributed by atoms with Crippen LogP contribution < -0.4 is 9.47 Å². The minimum atomic E-state index is -0.331.